The number of benzene rings is 1. The Morgan fingerprint density at radius 1 is 1.41 bits per heavy atom. The van der Waals surface area contributed by atoms with Gasteiger partial charge in [0.2, 0.25) is 0 Å². The molecule has 0 aliphatic rings. The van der Waals surface area contributed by atoms with E-state index in [1.54, 1.807) is 31.2 Å². The fourth-order valence-corrected chi connectivity index (χ4v) is 1.38. The molecule has 0 amide bonds. The number of hydrogen-bond donors (Lipinski definition) is 5. The molecule has 0 heterocycles. The van der Waals surface area contributed by atoms with Crippen LogP contribution in [-0.2, 0) is 11.2 Å². The van der Waals surface area contributed by atoms with Crippen LogP contribution < -0.4 is 22.5 Å². The molecular weight excluding hydrogens is 220 g/mol. The molecule has 0 saturated heterocycles. The van der Waals surface area contributed by atoms with Crippen molar-refractivity contribution in [3.8, 4) is 0 Å². The van der Waals surface area contributed by atoms with Gasteiger partial charge in [0.15, 0.2) is 0 Å². The van der Waals surface area contributed by atoms with E-state index in [1.165, 1.54) is 0 Å². The van der Waals surface area contributed by atoms with Crippen LogP contribution in [0.5, 0.6) is 0 Å². The van der Waals surface area contributed by atoms with E-state index in [0.717, 1.165) is 11.3 Å². The second-order valence-electron chi connectivity index (χ2n) is 4.25. The Hall–Kier alpha value is -1.63. The van der Waals surface area contributed by atoms with Crippen LogP contribution in [0, 0.1) is 0 Å². The number of hydrogen-bond acceptors (Lipinski definition) is 5. The van der Waals surface area contributed by atoms with Gasteiger partial charge in [-0.1, -0.05) is 12.1 Å². The molecule has 8 N–H and O–H groups in total. The lowest BCUT2D eigenvalue weighted by Crippen LogP contribution is -2.53. The second kappa shape index (κ2) is 5.13. The van der Waals surface area contributed by atoms with Crippen molar-refractivity contribution in [1.29, 1.82) is 0 Å². The highest BCUT2D eigenvalue weighted by Gasteiger charge is 2.13. The molecular formula is C11H18N4O2. The van der Waals surface area contributed by atoms with Gasteiger partial charge in [0.25, 0.3) is 0 Å². The third kappa shape index (κ3) is 4.81. The average Bonchev–Trinajstić information content (AvgIpc) is 2.18. The van der Waals surface area contributed by atoms with E-state index in [0.29, 0.717) is 0 Å². The van der Waals surface area contributed by atoms with Crippen LogP contribution in [0.4, 0.5) is 5.69 Å². The minimum Gasteiger partial charge on any atom is -0.480 e. The lowest BCUT2D eigenvalue weighted by atomic mass is 10.1. The number of rotatable bonds is 5. The van der Waals surface area contributed by atoms with Crippen LogP contribution in [0.3, 0.4) is 0 Å². The van der Waals surface area contributed by atoms with Gasteiger partial charge < -0.3 is 16.2 Å². The van der Waals surface area contributed by atoms with Gasteiger partial charge in [-0.3, -0.25) is 16.3 Å². The SMILES string of the molecule is CC(N)(N)Nc1ccc(C[C@H](N)C(=O)O)cc1. The predicted octanol–water partition coefficient (Wildman–Crippen LogP) is -0.356. The minimum atomic E-state index is -1.01. The summed E-state index contributed by atoms with van der Waals surface area (Å²) in [6.45, 7) is 1.64. The van der Waals surface area contributed by atoms with Gasteiger partial charge in [0.1, 0.15) is 11.8 Å². The summed E-state index contributed by atoms with van der Waals surface area (Å²) in [5.41, 5.74) is 18.2. The quantitative estimate of drug-likeness (QED) is 0.446. The van der Waals surface area contributed by atoms with E-state index >= 15 is 0 Å². The molecule has 6 heteroatoms. The molecule has 0 unspecified atom stereocenters. The van der Waals surface area contributed by atoms with E-state index in [4.69, 9.17) is 22.3 Å². The molecule has 17 heavy (non-hydrogen) atoms. The largest absolute Gasteiger partial charge is 0.480 e. The predicted molar refractivity (Wildman–Crippen MR) is 66.2 cm³/mol. The first-order valence-electron chi connectivity index (χ1n) is 5.21. The molecule has 0 spiro atoms. The maximum atomic E-state index is 10.6. The number of aliphatic carboxylic acids is 1. The Bertz CT molecular complexity index is 383. The van der Waals surface area contributed by atoms with Gasteiger partial charge in [-0.2, -0.15) is 0 Å². The summed E-state index contributed by atoms with van der Waals surface area (Å²) in [6, 6.07) is 6.25. The highest BCUT2D eigenvalue weighted by Crippen LogP contribution is 2.12. The fraction of sp³-hybridized carbons (Fsp3) is 0.364. The molecule has 6 nitrogen and oxygen atoms in total. The summed E-state index contributed by atoms with van der Waals surface area (Å²) < 4.78 is 0. The zero-order valence-electron chi connectivity index (χ0n) is 9.68. The number of nitrogens with one attached hydrogen (secondary N) is 1. The van der Waals surface area contributed by atoms with E-state index in [9.17, 15) is 4.79 Å². The standard InChI is InChI=1S/C11H18N4O2/c1-11(13,14)15-8-4-2-7(3-5-8)6-9(12)10(16)17/h2-5,9,15H,6,12-14H2,1H3,(H,16,17)/t9-/m0/s1. The molecule has 1 rings (SSSR count). The molecule has 0 aliphatic heterocycles. The number of carboxylic acid groups (broad SMARTS) is 1. The molecule has 94 valence electrons. The van der Waals surface area contributed by atoms with Gasteiger partial charge in [-0.15, -0.1) is 0 Å². The Kier molecular flexibility index (Phi) is 4.06. The zero-order chi connectivity index (χ0) is 13.1. The van der Waals surface area contributed by atoms with Crippen molar-refractivity contribution in [3.63, 3.8) is 0 Å². The summed E-state index contributed by atoms with van der Waals surface area (Å²) in [5, 5.41) is 11.6. The maximum absolute atomic E-state index is 10.6. The van der Waals surface area contributed by atoms with E-state index in [1.807, 2.05) is 0 Å². The Balaban J connectivity index is 2.65. The van der Waals surface area contributed by atoms with Crippen LogP contribution >= 0.6 is 0 Å². The van der Waals surface area contributed by atoms with Crippen molar-refractivity contribution in [2.75, 3.05) is 5.32 Å². The third-order valence-corrected chi connectivity index (χ3v) is 2.14. The van der Waals surface area contributed by atoms with Crippen LogP contribution in [-0.4, -0.2) is 22.9 Å². The Morgan fingerprint density at radius 2 is 1.94 bits per heavy atom. The third-order valence-electron chi connectivity index (χ3n) is 2.14. The summed E-state index contributed by atoms with van der Waals surface area (Å²) >= 11 is 0. The second-order valence-corrected chi connectivity index (χ2v) is 4.25. The molecule has 0 aromatic heterocycles. The highest BCUT2D eigenvalue weighted by atomic mass is 16.4. The molecule has 0 aliphatic carbocycles. The fourth-order valence-electron chi connectivity index (χ4n) is 1.38. The molecule has 1 atom stereocenters. The van der Waals surface area contributed by atoms with E-state index in [-0.39, 0.29) is 6.42 Å². The Labute approximate surface area is 99.8 Å². The number of nitrogens with two attached hydrogens (primary N) is 3. The van der Waals surface area contributed by atoms with E-state index < -0.39 is 17.8 Å². The zero-order valence-corrected chi connectivity index (χ0v) is 9.68. The van der Waals surface area contributed by atoms with Gasteiger partial charge in [-0.25, -0.2) is 0 Å². The van der Waals surface area contributed by atoms with Gasteiger partial charge in [-0.05, 0) is 31.0 Å². The summed E-state index contributed by atoms with van der Waals surface area (Å²) in [4.78, 5) is 10.6. The maximum Gasteiger partial charge on any atom is 0.320 e. The molecule has 1 aromatic rings. The highest BCUT2D eigenvalue weighted by molar-refractivity contribution is 5.73. The lowest BCUT2D eigenvalue weighted by molar-refractivity contribution is -0.138. The van der Waals surface area contributed by atoms with Gasteiger partial charge in [0, 0.05) is 5.69 Å². The summed E-state index contributed by atoms with van der Waals surface area (Å²) in [5.74, 6) is -2.00. The number of anilines is 1. The minimum absolute atomic E-state index is 0.290. The molecule has 0 bridgehead atoms. The van der Waals surface area contributed by atoms with Crippen molar-refractivity contribution >= 4 is 11.7 Å². The smallest absolute Gasteiger partial charge is 0.320 e. The van der Waals surface area contributed by atoms with Gasteiger partial charge >= 0.3 is 5.97 Å². The van der Waals surface area contributed by atoms with Crippen molar-refractivity contribution < 1.29 is 9.90 Å². The molecule has 0 radical (unpaired) electrons. The topological polar surface area (TPSA) is 127 Å². The van der Waals surface area contributed by atoms with E-state index in [2.05, 4.69) is 5.32 Å². The Morgan fingerprint density at radius 3 is 2.35 bits per heavy atom. The van der Waals surface area contributed by atoms with Crippen LogP contribution in [0.1, 0.15) is 12.5 Å². The van der Waals surface area contributed by atoms with Crippen molar-refractivity contribution in [2.24, 2.45) is 17.2 Å². The number of carbonyl (C=O) groups is 1. The van der Waals surface area contributed by atoms with Crippen LogP contribution in [0.2, 0.25) is 0 Å². The van der Waals surface area contributed by atoms with Crippen LogP contribution in [0.25, 0.3) is 0 Å². The first-order valence-corrected chi connectivity index (χ1v) is 5.21. The summed E-state index contributed by atoms with van der Waals surface area (Å²) in [7, 11) is 0. The molecule has 1 aromatic carbocycles. The average molecular weight is 238 g/mol. The first-order chi connectivity index (χ1) is 7.78. The normalized spacial score (nSPS) is 13.2. The van der Waals surface area contributed by atoms with Crippen LogP contribution in [0.15, 0.2) is 24.3 Å². The molecule has 0 fully saturated rings. The van der Waals surface area contributed by atoms with Crippen molar-refractivity contribution in [3.05, 3.63) is 29.8 Å². The lowest BCUT2D eigenvalue weighted by Gasteiger charge is -2.22. The monoisotopic (exact) mass is 238 g/mol. The van der Waals surface area contributed by atoms with Gasteiger partial charge in [0.05, 0.1) is 0 Å². The number of carboxylic acids is 1. The van der Waals surface area contributed by atoms with Crippen molar-refractivity contribution in [1.82, 2.24) is 0 Å². The molecule has 0 saturated carbocycles. The first kappa shape index (κ1) is 13.4. The van der Waals surface area contributed by atoms with Crippen molar-refractivity contribution in [2.45, 2.75) is 25.2 Å². The summed E-state index contributed by atoms with van der Waals surface area (Å²) in [6.07, 6.45) is 0.290.